The summed E-state index contributed by atoms with van der Waals surface area (Å²) in [5.41, 5.74) is -1.89. The molecule has 0 radical (unpaired) electrons. The number of alkyl halides is 3. The van der Waals surface area contributed by atoms with E-state index in [1.165, 1.54) is 0 Å². The van der Waals surface area contributed by atoms with Crippen LogP contribution in [0.5, 0.6) is 0 Å². The first kappa shape index (κ1) is 13.1. The van der Waals surface area contributed by atoms with Crippen LogP contribution in [-0.4, -0.2) is 55.0 Å². The second kappa shape index (κ2) is 4.74. The van der Waals surface area contributed by atoms with Crippen molar-refractivity contribution >= 4 is 0 Å². The van der Waals surface area contributed by atoms with Crippen molar-refractivity contribution in [2.75, 3.05) is 32.8 Å². The Bertz CT molecular complexity index is 266. The largest absolute Gasteiger partial charge is 0.397 e. The first-order chi connectivity index (χ1) is 7.98. The van der Waals surface area contributed by atoms with Crippen molar-refractivity contribution in [3.63, 3.8) is 0 Å². The highest BCUT2D eigenvalue weighted by atomic mass is 19.4. The Kier molecular flexibility index (Phi) is 3.66. The van der Waals surface area contributed by atoms with Gasteiger partial charge >= 0.3 is 6.18 Å². The van der Waals surface area contributed by atoms with Gasteiger partial charge in [0, 0.05) is 12.6 Å². The predicted molar refractivity (Wildman–Crippen MR) is 57.7 cm³/mol. The SMILES string of the molecule is OC[C@]1(C(F)(F)F)CCN(C2CCNCC2)C1. The van der Waals surface area contributed by atoms with E-state index in [1.807, 2.05) is 4.90 Å². The van der Waals surface area contributed by atoms with Crippen molar-refractivity contribution in [3.05, 3.63) is 0 Å². The van der Waals surface area contributed by atoms with Crippen LogP contribution in [0.2, 0.25) is 0 Å². The average Bonchev–Trinajstić information content (AvgIpc) is 2.75. The lowest BCUT2D eigenvalue weighted by Crippen LogP contribution is -2.47. The molecule has 0 saturated carbocycles. The molecule has 0 unspecified atom stereocenters. The zero-order valence-corrected chi connectivity index (χ0v) is 9.76. The molecule has 3 nitrogen and oxygen atoms in total. The molecule has 2 aliphatic heterocycles. The van der Waals surface area contributed by atoms with E-state index < -0.39 is 18.2 Å². The van der Waals surface area contributed by atoms with Gasteiger partial charge < -0.3 is 10.4 Å². The van der Waals surface area contributed by atoms with Gasteiger partial charge in [0.2, 0.25) is 0 Å². The maximum atomic E-state index is 13.0. The summed E-state index contributed by atoms with van der Waals surface area (Å²) in [5.74, 6) is 0. The van der Waals surface area contributed by atoms with Gasteiger partial charge in [0.05, 0.1) is 6.61 Å². The zero-order chi connectivity index (χ0) is 12.5. The van der Waals surface area contributed by atoms with Crippen LogP contribution in [0.1, 0.15) is 19.3 Å². The van der Waals surface area contributed by atoms with E-state index in [1.54, 1.807) is 0 Å². The summed E-state index contributed by atoms with van der Waals surface area (Å²) in [7, 11) is 0. The first-order valence-electron chi connectivity index (χ1n) is 6.11. The predicted octanol–water partition coefficient (Wildman–Crippen LogP) is 0.985. The summed E-state index contributed by atoms with van der Waals surface area (Å²) in [5, 5.41) is 12.3. The molecule has 0 bridgehead atoms. The van der Waals surface area contributed by atoms with Gasteiger partial charge in [-0.1, -0.05) is 0 Å². The molecule has 2 heterocycles. The Labute approximate surface area is 99.0 Å². The third kappa shape index (κ3) is 2.44. The Balaban J connectivity index is 2.02. The summed E-state index contributed by atoms with van der Waals surface area (Å²) >= 11 is 0. The molecule has 2 fully saturated rings. The Hall–Kier alpha value is -0.330. The number of piperidine rings is 1. The highest BCUT2D eigenvalue weighted by Gasteiger charge is 2.58. The van der Waals surface area contributed by atoms with Crippen molar-refractivity contribution in [1.29, 1.82) is 0 Å². The number of hydrogen-bond donors (Lipinski definition) is 2. The third-order valence-corrected chi connectivity index (χ3v) is 4.11. The van der Waals surface area contributed by atoms with Gasteiger partial charge in [-0.15, -0.1) is 0 Å². The molecule has 2 saturated heterocycles. The van der Waals surface area contributed by atoms with Crippen molar-refractivity contribution in [2.24, 2.45) is 5.41 Å². The summed E-state index contributed by atoms with van der Waals surface area (Å²) in [6, 6.07) is 0.243. The van der Waals surface area contributed by atoms with E-state index >= 15 is 0 Å². The van der Waals surface area contributed by atoms with Crippen LogP contribution in [0.15, 0.2) is 0 Å². The fraction of sp³-hybridized carbons (Fsp3) is 1.00. The fourth-order valence-electron chi connectivity index (χ4n) is 2.84. The Morgan fingerprint density at radius 1 is 1.29 bits per heavy atom. The van der Waals surface area contributed by atoms with Crippen LogP contribution in [0, 0.1) is 5.41 Å². The average molecular weight is 252 g/mol. The van der Waals surface area contributed by atoms with Crippen LogP contribution in [0.4, 0.5) is 13.2 Å². The minimum atomic E-state index is -4.30. The molecule has 0 aromatic carbocycles. The topological polar surface area (TPSA) is 35.5 Å². The molecule has 0 spiro atoms. The molecule has 0 amide bonds. The molecule has 2 aliphatic rings. The second-order valence-corrected chi connectivity index (χ2v) is 5.14. The van der Waals surface area contributed by atoms with Gasteiger partial charge in [0.15, 0.2) is 0 Å². The first-order valence-corrected chi connectivity index (χ1v) is 6.11. The maximum Gasteiger partial charge on any atom is 0.397 e. The van der Waals surface area contributed by atoms with Gasteiger partial charge in [-0.2, -0.15) is 13.2 Å². The maximum absolute atomic E-state index is 13.0. The van der Waals surface area contributed by atoms with Gasteiger partial charge in [-0.25, -0.2) is 0 Å². The molecule has 0 aliphatic carbocycles. The van der Waals surface area contributed by atoms with Gasteiger partial charge in [0.1, 0.15) is 5.41 Å². The number of nitrogens with zero attached hydrogens (tertiary/aromatic N) is 1. The summed E-state index contributed by atoms with van der Waals surface area (Å²) in [6.07, 6.45) is -2.47. The molecule has 17 heavy (non-hydrogen) atoms. The van der Waals surface area contributed by atoms with Crippen LogP contribution in [0.25, 0.3) is 0 Å². The van der Waals surface area contributed by atoms with Crippen LogP contribution in [-0.2, 0) is 0 Å². The van der Waals surface area contributed by atoms with E-state index in [0.717, 1.165) is 25.9 Å². The monoisotopic (exact) mass is 252 g/mol. The molecule has 1 atom stereocenters. The highest BCUT2D eigenvalue weighted by Crippen LogP contribution is 2.45. The Morgan fingerprint density at radius 2 is 1.94 bits per heavy atom. The normalized spacial score (nSPS) is 33.2. The van der Waals surface area contributed by atoms with Gasteiger partial charge in [-0.3, -0.25) is 4.90 Å². The van der Waals surface area contributed by atoms with E-state index in [9.17, 15) is 13.2 Å². The Morgan fingerprint density at radius 3 is 2.41 bits per heavy atom. The fourth-order valence-corrected chi connectivity index (χ4v) is 2.84. The summed E-state index contributed by atoms with van der Waals surface area (Å²) in [4.78, 5) is 1.91. The summed E-state index contributed by atoms with van der Waals surface area (Å²) in [6.45, 7) is 1.36. The number of nitrogens with one attached hydrogen (secondary N) is 1. The minimum Gasteiger partial charge on any atom is -0.395 e. The number of likely N-dealkylation sites (tertiary alicyclic amines) is 1. The number of aliphatic hydroxyl groups is 1. The zero-order valence-electron chi connectivity index (χ0n) is 9.76. The van der Waals surface area contributed by atoms with Crippen LogP contribution < -0.4 is 5.32 Å². The van der Waals surface area contributed by atoms with E-state index in [2.05, 4.69) is 5.32 Å². The number of hydrogen-bond acceptors (Lipinski definition) is 3. The van der Waals surface area contributed by atoms with Crippen LogP contribution in [0.3, 0.4) is 0 Å². The van der Waals surface area contributed by atoms with E-state index in [4.69, 9.17) is 5.11 Å². The van der Waals surface area contributed by atoms with E-state index in [-0.39, 0.29) is 19.0 Å². The molecule has 0 aromatic heterocycles. The minimum absolute atomic E-state index is 0.0247. The molecular formula is C11H19F3N2O. The second-order valence-electron chi connectivity index (χ2n) is 5.14. The van der Waals surface area contributed by atoms with Crippen molar-refractivity contribution < 1.29 is 18.3 Å². The number of aliphatic hydroxyl groups excluding tert-OH is 1. The summed E-state index contributed by atoms with van der Waals surface area (Å²) < 4.78 is 38.9. The molecule has 2 rings (SSSR count). The van der Waals surface area contributed by atoms with Crippen molar-refractivity contribution in [1.82, 2.24) is 10.2 Å². The van der Waals surface area contributed by atoms with Crippen LogP contribution >= 0.6 is 0 Å². The number of rotatable bonds is 2. The molecule has 2 N–H and O–H groups in total. The molecule has 100 valence electrons. The lowest BCUT2D eigenvalue weighted by atomic mass is 9.87. The van der Waals surface area contributed by atoms with Gasteiger partial charge in [0.25, 0.3) is 0 Å². The molecular weight excluding hydrogens is 233 g/mol. The molecule has 6 heteroatoms. The van der Waals surface area contributed by atoms with Crippen molar-refractivity contribution in [2.45, 2.75) is 31.5 Å². The quantitative estimate of drug-likeness (QED) is 0.769. The van der Waals surface area contributed by atoms with Gasteiger partial charge in [-0.05, 0) is 38.9 Å². The lowest BCUT2D eigenvalue weighted by Gasteiger charge is -2.34. The van der Waals surface area contributed by atoms with E-state index in [0.29, 0.717) is 6.54 Å². The highest BCUT2D eigenvalue weighted by molar-refractivity contribution is 4.97. The third-order valence-electron chi connectivity index (χ3n) is 4.11. The lowest BCUT2D eigenvalue weighted by molar-refractivity contribution is -0.231. The smallest absolute Gasteiger partial charge is 0.395 e. The molecule has 0 aromatic rings. The van der Waals surface area contributed by atoms with Crippen molar-refractivity contribution in [3.8, 4) is 0 Å². The standard InChI is InChI=1S/C11H19F3N2O/c12-11(13,14)10(8-17)3-6-16(7-10)9-1-4-15-5-2-9/h9,15,17H,1-8H2/t10-/m0/s1. The number of halogens is 3.